The van der Waals surface area contributed by atoms with Crippen molar-refractivity contribution in [1.82, 2.24) is 4.67 Å². The summed E-state index contributed by atoms with van der Waals surface area (Å²) in [5.74, 6) is 0.948. The zero-order valence-corrected chi connectivity index (χ0v) is 12.8. The summed E-state index contributed by atoms with van der Waals surface area (Å²) >= 11 is 11.4. The zero-order chi connectivity index (χ0) is 13.1. The number of rotatable bonds is 5. The molecule has 1 rings (SSSR count). The van der Waals surface area contributed by atoms with E-state index in [0.29, 0.717) is 24.8 Å². The summed E-state index contributed by atoms with van der Waals surface area (Å²) in [7, 11) is -3.24. The molecule has 2 unspecified atom stereocenters. The van der Waals surface area contributed by atoms with Crippen LogP contribution in [0.25, 0.3) is 0 Å². The monoisotopic (exact) mass is 303 g/mol. The molecule has 102 valence electrons. The summed E-state index contributed by atoms with van der Waals surface area (Å²) in [6, 6.07) is 0. The number of hydrogen-bond donors (Lipinski definition) is 0. The largest absolute Gasteiger partial charge is 0.408 e. The van der Waals surface area contributed by atoms with Crippen LogP contribution in [-0.4, -0.2) is 41.7 Å². The van der Waals surface area contributed by atoms with Gasteiger partial charge >= 0.3 is 7.75 Å². The Labute approximate surface area is 113 Å². The molecule has 1 fully saturated rings. The van der Waals surface area contributed by atoms with Gasteiger partial charge in [0.25, 0.3) is 0 Å². The molecule has 1 aliphatic rings. The van der Waals surface area contributed by atoms with Crippen molar-refractivity contribution in [3.63, 3.8) is 0 Å². The number of hydrogen-bond acceptors (Lipinski definition) is 3. The molecular weight excluding hydrogens is 284 g/mol. The van der Waals surface area contributed by atoms with E-state index in [4.69, 9.17) is 32.2 Å². The molecule has 1 aliphatic heterocycles. The maximum Gasteiger partial charge on any atom is 0.408 e. The molecule has 0 aromatic carbocycles. The first kappa shape index (κ1) is 15.7. The SMILES string of the molecule is CC1OP(=O)(N(CCCl)CCCl)OC(C)C1C. The van der Waals surface area contributed by atoms with E-state index in [1.54, 1.807) is 4.67 Å². The molecule has 7 heteroatoms. The minimum atomic E-state index is -3.24. The normalized spacial score (nSPS) is 38.6. The average molecular weight is 304 g/mol. The van der Waals surface area contributed by atoms with E-state index in [0.717, 1.165) is 0 Å². The van der Waals surface area contributed by atoms with E-state index in [9.17, 15) is 4.57 Å². The Kier molecular flexibility index (Phi) is 6.24. The fraction of sp³-hybridized carbons (Fsp3) is 1.00. The molecule has 0 aromatic rings. The molecule has 0 aliphatic carbocycles. The van der Waals surface area contributed by atoms with E-state index >= 15 is 0 Å². The number of halogens is 2. The van der Waals surface area contributed by atoms with Crippen molar-refractivity contribution >= 4 is 30.9 Å². The van der Waals surface area contributed by atoms with Crippen LogP contribution in [-0.2, 0) is 13.6 Å². The summed E-state index contributed by atoms with van der Waals surface area (Å²) in [5.41, 5.74) is 0. The van der Waals surface area contributed by atoms with Gasteiger partial charge < -0.3 is 0 Å². The van der Waals surface area contributed by atoms with Crippen molar-refractivity contribution in [2.45, 2.75) is 33.0 Å². The van der Waals surface area contributed by atoms with E-state index in [1.807, 2.05) is 20.8 Å². The maximum absolute atomic E-state index is 12.6. The lowest BCUT2D eigenvalue weighted by atomic mass is 10.0. The lowest BCUT2D eigenvalue weighted by molar-refractivity contribution is -0.0179. The lowest BCUT2D eigenvalue weighted by Gasteiger charge is -2.40. The Hall–Kier alpha value is 0.690. The molecule has 4 nitrogen and oxygen atoms in total. The zero-order valence-electron chi connectivity index (χ0n) is 10.4. The minimum Gasteiger partial charge on any atom is -0.293 e. The Morgan fingerprint density at radius 3 is 1.82 bits per heavy atom. The van der Waals surface area contributed by atoms with Crippen LogP contribution < -0.4 is 0 Å². The van der Waals surface area contributed by atoms with Crippen molar-refractivity contribution in [3.8, 4) is 0 Å². The number of nitrogens with zero attached hydrogens (tertiary/aromatic N) is 1. The van der Waals surface area contributed by atoms with Crippen LogP contribution in [0.5, 0.6) is 0 Å². The molecule has 0 bridgehead atoms. The highest BCUT2D eigenvalue weighted by Crippen LogP contribution is 2.58. The van der Waals surface area contributed by atoms with Crippen molar-refractivity contribution in [2.75, 3.05) is 24.8 Å². The van der Waals surface area contributed by atoms with Crippen LogP contribution in [0.15, 0.2) is 0 Å². The highest BCUT2D eigenvalue weighted by molar-refractivity contribution is 7.51. The Morgan fingerprint density at radius 1 is 1.06 bits per heavy atom. The van der Waals surface area contributed by atoms with Gasteiger partial charge in [0.05, 0.1) is 12.2 Å². The molecule has 0 radical (unpaired) electrons. The molecule has 17 heavy (non-hydrogen) atoms. The van der Waals surface area contributed by atoms with E-state index in [1.165, 1.54) is 0 Å². The fourth-order valence-corrected chi connectivity index (χ4v) is 4.58. The first-order valence-corrected chi connectivity index (χ1v) is 8.35. The van der Waals surface area contributed by atoms with Gasteiger partial charge in [0, 0.05) is 30.8 Å². The van der Waals surface area contributed by atoms with E-state index in [-0.39, 0.29) is 18.1 Å². The van der Waals surface area contributed by atoms with Gasteiger partial charge in [0.2, 0.25) is 0 Å². The quantitative estimate of drug-likeness (QED) is 0.577. The van der Waals surface area contributed by atoms with Crippen molar-refractivity contribution < 1.29 is 13.6 Å². The molecule has 1 saturated heterocycles. The molecule has 0 saturated carbocycles. The van der Waals surface area contributed by atoms with Crippen LogP contribution in [0, 0.1) is 5.92 Å². The second-order valence-corrected chi connectivity index (χ2v) is 6.96. The first-order valence-electron chi connectivity index (χ1n) is 5.78. The third-order valence-electron chi connectivity index (χ3n) is 3.11. The van der Waals surface area contributed by atoms with E-state index < -0.39 is 7.75 Å². The molecule has 1 heterocycles. The van der Waals surface area contributed by atoms with Crippen molar-refractivity contribution in [2.24, 2.45) is 5.92 Å². The standard InChI is InChI=1S/C10H20Cl2NO3P/c1-8-9(2)15-17(14,16-10(8)3)13(6-4-11)7-5-12/h8-10H,4-7H2,1-3H3. The predicted octanol–water partition coefficient (Wildman–Crippen LogP) is 3.33. The smallest absolute Gasteiger partial charge is 0.293 e. The summed E-state index contributed by atoms with van der Waals surface area (Å²) < 4.78 is 25.4. The maximum atomic E-state index is 12.6. The van der Waals surface area contributed by atoms with Crippen LogP contribution in [0.3, 0.4) is 0 Å². The summed E-state index contributed by atoms with van der Waals surface area (Å²) in [4.78, 5) is 0. The molecule has 0 amide bonds. The molecule has 0 N–H and O–H groups in total. The topological polar surface area (TPSA) is 38.8 Å². The summed E-state index contributed by atoms with van der Waals surface area (Å²) in [6.07, 6.45) is -0.199. The molecular formula is C10H20Cl2NO3P. The van der Waals surface area contributed by atoms with Crippen LogP contribution in [0.4, 0.5) is 0 Å². The fourth-order valence-electron chi connectivity index (χ4n) is 1.70. The third-order valence-corrected chi connectivity index (χ3v) is 5.74. The second-order valence-electron chi connectivity index (χ2n) is 4.28. The summed E-state index contributed by atoms with van der Waals surface area (Å²) in [5, 5.41) is 0. The van der Waals surface area contributed by atoms with Crippen molar-refractivity contribution in [3.05, 3.63) is 0 Å². The predicted molar refractivity (Wildman–Crippen MR) is 70.9 cm³/mol. The lowest BCUT2D eigenvalue weighted by Crippen LogP contribution is -2.39. The van der Waals surface area contributed by atoms with Gasteiger partial charge in [-0.15, -0.1) is 23.2 Å². The Balaban J connectivity index is 2.81. The van der Waals surface area contributed by atoms with Gasteiger partial charge in [0.1, 0.15) is 0 Å². The molecule has 2 atom stereocenters. The van der Waals surface area contributed by atoms with Gasteiger partial charge in [0.15, 0.2) is 0 Å². The first-order chi connectivity index (χ1) is 7.94. The Morgan fingerprint density at radius 2 is 1.47 bits per heavy atom. The Bertz CT molecular complexity index is 271. The van der Waals surface area contributed by atoms with E-state index in [2.05, 4.69) is 0 Å². The molecule has 0 aromatic heterocycles. The average Bonchev–Trinajstić information content (AvgIpc) is 2.25. The van der Waals surface area contributed by atoms with Gasteiger partial charge in [-0.05, 0) is 13.8 Å². The highest BCUT2D eigenvalue weighted by Gasteiger charge is 2.43. The van der Waals surface area contributed by atoms with Gasteiger partial charge in [-0.25, -0.2) is 9.24 Å². The third kappa shape index (κ3) is 3.82. The van der Waals surface area contributed by atoms with Crippen LogP contribution in [0.1, 0.15) is 20.8 Å². The number of alkyl halides is 2. The second kappa shape index (κ2) is 6.74. The van der Waals surface area contributed by atoms with Gasteiger partial charge in [-0.3, -0.25) is 9.05 Å². The summed E-state index contributed by atoms with van der Waals surface area (Å²) in [6.45, 7) is 6.73. The highest BCUT2D eigenvalue weighted by atomic mass is 35.5. The van der Waals surface area contributed by atoms with Crippen LogP contribution >= 0.6 is 30.9 Å². The molecule has 0 spiro atoms. The van der Waals surface area contributed by atoms with Crippen LogP contribution in [0.2, 0.25) is 0 Å². The van der Waals surface area contributed by atoms with Crippen molar-refractivity contribution in [1.29, 1.82) is 0 Å². The van der Waals surface area contributed by atoms with Gasteiger partial charge in [-0.1, -0.05) is 6.92 Å². The minimum absolute atomic E-state index is 0.0993. The van der Waals surface area contributed by atoms with Gasteiger partial charge in [-0.2, -0.15) is 0 Å².